The van der Waals surface area contributed by atoms with Gasteiger partial charge in [-0.1, -0.05) is 13.8 Å². The number of benzene rings is 1. The van der Waals surface area contributed by atoms with Crippen LogP contribution < -0.4 is 10.6 Å². The molecule has 0 fully saturated rings. The summed E-state index contributed by atoms with van der Waals surface area (Å²) in [5, 5.41) is 25.3. The maximum absolute atomic E-state index is 11.9. The SMILES string of the molecule is CC(C)CNC(=O)C(C)Nc1ccc(C#N)cc1[N+](=O)[O-]. The molecule has 0 aliphatic carbocycles. The van der Waals surface area contributed by atoms with E-state index in [1.54, 1.807) is 6.92 Å². The van der Waals surface area contributed by atoms with Crippen LogP contribution >= 0.6 is 0 Å². The van der Waals surface area contributed by atoms with E-state index in [4.69, 9.17) is 5.26 Å². The number of nitriles is 1. The Hall–Kier alpha value is -2.62. The van der Waals surface area contributed by atoms with E-state index in [9.17, 15) is 14.9 Å². The minimum Gasteiger partial charge on any atom is -0.368 e. The van der Waals surface area contributed by atoms with Gasteiger partial charge in [-0.2, -0.15) is 5.26 Å². The quantitative estimate of drug-likeness (QED) is 0.615. The third-order valence-electron chi connectivity index (χ3n) is 2.77. The van der Waals surface area contributed by atoms with Gasteiger partial charge in [0.2, 0.25) is 5.91 Å². The highest BCUT2D eigenvalue weighted by Gasteiger charge is 2.19. The number of hydrogen-bond acceptors (Lipinski definition) is 5. The predicted molar refractivity (Wildman–Crippen MR) is 78.7 cm³/mol. The second kappa shape index (κ2) is 7.24. The molecule has 1 unspecified atom stereocenters. The molecule has 1 atom stereocenters. The first-order chi connectivity index (χ1) is 9.85. The van der Waals surface area contributed by atoms with E-state index >= 15 is 0 Å². The second-order valence-corrected chi connectivity index (χ2v) is 5.11. The molecule has 21 heavy (non-hydrogen) atoms. The first-order valence-corrected chi connectivity index (χ1v) is 6.58. The lowest BCUT2D eigenvalue weighted by molar-refractivity contribution is -0.384. The monoisotopic (exact) mass is 290 g/mol. The van der Waals surface area contributed by atoms with Crippen LogP contribution in [0, 0.1) is 27.4 Å². The molecule has 0 aliphatic heterocycles. The topological polar surface area (TPSA) is 108 Å². The molecule has 0 spiro atoms. The van der Waals surface area contributed by atoms with Crippen LogP contribution in [0.4, 0.5) is 11.4 Å². The Bertz CT molecular complexity index is 578. The second-order valence-electron chi connectivity index (χ2n) is 5.11. The van der Waals surface area contributed by atoms with Crippen molar-refractivity contribution >= 4 is 17.3 Å². The zero-order valence-electron chi connectivity index (χ0n) is 12.2. The van der Waals surface area contributed by atoms with Gasteiger partial charge >= 0.3 is 0 Å². The molecule has 7 nitrogen and oxygen atoms in total. The third-order valence-corrected chi connectivity index (χ3v) is 2.77. The van der Waals surface area contributed by atoms with Gasteiger partial charge in [0, 0.05) is 12.6 Å². The van der Waals surface area contributed by atoms with E-state index in [0.717, 1.165) is 0 Å². The summed E-state index contributed by atoms with van der Waals surface area (Å²) in [6.45, 7) is 6.12. The first kappa shape index (κ1) is 16.4. The van der Waals surface area contributed by atoms with Gasteiger partial charge in [-0.15, -0.1) is 0 Å². The average Bonchev–Trinajstić information content (AvgIpc) is 2.44. The fraction of sp³-hybridized carbons (Fsp3) is 0.429. The summed E-state index contributed by atoms with van der Waals surface area (Å²) in [5.74, 6) is 0.0905. The molecule has 1 aromatic carbocycles. The number of nitrogens with zero attached hydrogens (tertiary/aromatic N) is 2. The Morgan fingerprint density at radius 2 is 2.10 bits per heavy atom. The van der Waals surface area contributed by atoms with Crippen LogP contribution in [-0.4, -0.2) is 23.4 Å². The Morgan fingerprint density at radius 3 is 2.62 bits per heavy atom. The number of carbonyl (C=O) groups is 1. The number of carbonyl (C=O) groups excluding carboxylic acids is 1. The van der Waals surface area contributed by atoms with Crippen molar-refractivity contribution in [3.05, 3.63) is 33.9 Å². The largest absolute Gasteiger partial charge is 0.368 e. The van der Waals surface area contributed by atoms with Crippen molar-refractivity contribution in [1.29, 1.82) is 5.26 Å². The summed E-state index contributed by atoms with van der Waals surface area (Å²) >= 11 is 0. The Kier molecular flexibility index (Phi) is 5.67. The van der Waals surface area contributed by atoms with E-state index in [0.29, 0.717) is 12.5 Å². The van der Waals surface area contributed by atoms with Crippen LogP contribution in [0.2, 0.25) is 0 Å². The lowest BCUT2D eigenvalue weighted by Crippen LogP contribution is -2.39. The number of amides is 1. The van der Waals surface area contributed by atoms with Gasteiger partial charge < -0.3 is 10.6 Å². The van der Waals surface area contributed by atoms with Gasteiger partial charge in [-0.3, -0.25) is 14.9 Å². The molecule has 1 rings (SSSR count). The molecular weight excluding hydrogens is 272 g/mol. The van der Waals surface area contributed by atoms with Crippen molar-refractivity contribution in [2.75, 3.05) is 11.9 Å². The first-order valence-electron chi connectivity index (χ1n) is 6.58. The van der Waals surface area contributed by atoms with Crippen molar-refractivity contribution in [3.8, 4) is 6.07 Å². The van der Waals surface area contributed by atoms with Crippen molar-refractivity contribution in [1.82, 2.24) is 5.32 Å². The van der Waals surface area contributed by atoms with Gasteiger partial charge in [0.25, 0.3) is 5.69 Å². The Morgan fingerprint density at radius 1 is 1.43 bits per heavy atom. The molecular formula is C14H18N4O3. The Balaban J connectivity index is 2.85. The summed E-state index contributed by atoms with van der Waals surface area (Å²) in [5.41, 5.74) is 0.188. The van der Waals surface area contributed by atoms with Gasteiger partial charge in [-0.25, -0.2) is 0 Å². The van der Waals surface area contributed by atoms with Gasteiger partial charge in [0.1, 0.15) is 11.7 Å². The summed E-state index contributed by atoms with van der Waals surface area (Å²) in [6, 6.07) is 5.31. The van der Waals surface area contributed by atoms with Crippen LogP contribution in [-0.2, 0) is 4.79 Å². The summed E-state index contributed by atoms with van der Waals surface area (Å²) in [7, 11) is 0. The molecule has 1 aromatic rings. The highest BCUT2D eigenvalue weighted by Crippen LogP contribution is 2.25. The van der Waals surface area contributed by atoms with E-state index in [-0.39, 0.29) is 22.8 Å². The predicted octanol–water partition coefficient (Wildman–Crippen LogP) is 2.04. The lowest BCUT2D eigenvalue weighted by Gasteiger charge is -2.16. The minimum absolute atomic E-state index is 0.198. The van der Waals surface area contributed by atoms with Gasteiger partial charge in [0.15, 0.2) is 0 Å². The fourth-order valence-electron chi connectivity index (χ4n) is 1.63. The van der Waals surface area contributed by atoms with Crippen LogP contribution in [0.25, 0.3) is 0 Å². The van der Waals surface area contributed by atoms with Crippen LogP contribution in [0.1, 0.15) is 26.3 Å². The van der Waals surface area contributed by atoms with Crippen molar-refractivity contribution in [3.63, 3.8) is 0 Å². The Labute approximate surface area is 123 Å². The zero-order valence-corrected chi connectivity index (χ0v) is 12.2. The minimum atomic E-state index is -0.615. The molecule has 0 saturated carbocycles. The van der Waals surface area contributed by atoms with Crippen molar-refractivity contribution in [2.24, 2.45) is 5.92 Å². The van der Waals surface area contributed by atoms with E-state index < -0.39 is 11.0 Å². The average molecular weight is 290 g/mol. The molecule has 112 valence electrons. The maximum atomic E-state index is 11.9. The molecule has 0 saturated heterocycles. The molecule has 7 heteroatoms. The molecule has 0 heterocycles. The van der Waals surface area contributed by atoms with E-state index in [2.05, 4.69) is 10.6 Å². The standard InChI is InChI=1S/C14H18N4O3/c1-9(2)8-16-14(19)10(3)17-12-5-4-11(7-15)6-13(12)18(20)21/h4-6,9-10,17H,8H2,1-3H3,(H,16,19). The number of nitro groups is 1. The van der Waals surface area contributed by atoms with Gasteiger partial charge in [0.05, 0.1) is 16.6 Å². The van der Waals surface area contributed by atoms with Crippen LogP contribution in [0.15, 0.2) is 18.2 Å². The molecule has 0 radical (unpaired) electrons. The third kappa shape index (κ3) is 4.76. The molecule has 1 amide bonds. The number of rotatable bonds is 6. The summed E-state index contributed by atoms with van der Waals surface area (Å²) < 4.78 is 0. The van der Waals surface area contributed by atoms with E-state index in [1.165, 1.54) is 18.2 Å². The van der Waals surface area contributed by atoms with Crippen LogP contribution in [0.3, 0.4) is 0 Å². The van der Waals surface area contributed by atoms with Crippen molar-refractivity contribution < 1.29 is 9.72 Å². The maximum Gasteiger partial charge on any atom is 0.293 e. The van der Waals surface area contributed by atoms with E-state index in [1.807, 2.05) is 19.9 Å². The zero-order chi connectivity index (χ0) is 16.0. The molecule has 0 aromatic heterocycles. The molecule has 0 aliphatic rings. The fourth-order valence-corrected chi connectivity index (χ4v) is 1.63. The highest BCUT2D eigenvalue weighted by atomic mass is 16.6. The van der Waals surface area contributed by atoms with Crippen LogP contribution in [0.5, 0.6) is 0 Å². The summed E-state index contributed by atoms with van der Waals surface area (Å²) in [4.78, 5) is 22.3. The van der Waals surface area contributed by atoms with Gasteiger partial charge in [-0.05, 0) is 25.0 Å². The lowest BCUT2D eigenvalue weighted by atomic mass is 10.1. The smallest absolute Gasteiger partial charge is 0.293 e. The molecule has 2 N–H and O–H groups in total. The number of hydrogen-bond donors (Lipinski definition) is 2. The number of nitrogens with one attached hydrogen (secondary N) is 2. The summed E-state index contributed by atoms with van der Waals surface area (Å²) in [6.07, 6.45) is 0. The normalized spacial score (nSPS) is 11.6. The molecule has 0 bridgehead atoms. The highest BCUT2D eigenvalue weighted by molar-refractivity contribution is 5.85. The van der Waals surface area contributed by atoms with Crippen molar-refractivity contribution in [2.45, 2.75) is 26.8 Å². The number of anilines is 1. The number of nitro benzene ring substituents is 1.